The topological polar surface area (TPSA) is 103 Å². The summed E-state index contributed by atoms with van der Waals surface area (Å²) in [6, 6.07) is 15.1. The average Bonchev–Trinajstić information content (AvgIpc) is 2.75. The molecule has 0 aliphatic rings. The summed E-state index contributed by atoms with van der Waals surface area (Å²) in [5, 5.41) is 0. The normalized spacial score (nSPS) is 10.8. The summed E-state index contributed by atoms with van der Waals surface area (Å²) in [4.78, 5) is 29.5. The average molecular weight is 489 g/mol. The van der Waals surface area contributed by atoms with Gasteiger partial charge in [-0.3, -0.25) is 14.3 Å². The van der Waals surface area contributed by atoms with Gasteiger partial charge in [0, 0.05) is 30.2 Å². The van der Waals surface area contributed by atoms with Crippen LogP contribution in [0.15, 0.2) is 62.6 Å². The van der Waals surface area contributed by atoms with Crippen LogP contribution in [-0.4, -0.2) is 36.9 Å². The molecule has 0 atom stereocenters. The highest BCUT2D eigenvalue weighted by Crippen LogP contribution is 2.27. The minimum absolute atomic E-state index is 0.0997. The molecule has 1 aromatic heterocycles. The standard InChI is InChI=1S/C22H25BrN4O4/c1-30-11-10-26(14-16-12-17(23)8-9-18(16)31-2)19-20(24)27(22(29)25-21(19)28)13-15-6-4-3-5-7-15/h3-9,12H,10-11,13-14,24H2,1-2H3,(H,25,28,29). The van der Waals surface area contributed by atoms with E-state index in [0.717, 1.165) is 15.6 Å². The number of nitrogen functional groups attached to an aromatic ring is 1. The number of rotatable bonds is 9. The fourth-order valence-electron chi connectivity index (χ4n) is 3.35. The van der Waals surface area contributed by atoms with E-state index >= 15 is 0 Å². The highest BCUT2D eigenvalue weighted by molar-refractivity contribution is 9.10. The Morgan fingerprint density at radius 3 is 2.55 bits per heavy atom. The Morgan fingerprint density at radius 1 is 1.13 bits per heavy atom. The third-order valence-corrected chi connectivity index (χ3v) is 5.38. The van der Waals surface area contributed by atoms with Crippen LogP contribution in [0, 0.1) is 0 Å². The van der Waals surface area contributed by atoms with E-state index < -0.39 is 11.2 Å². The Kier molecular flexibility index (Phi) is 7.54. The molecule has 0 radical (unpaired) electrons. The van der Waals surface area contributed by atoms with E-state index in [1.165, 1.54) is 4.57 Å². The second kappa shape index (κ2) is 10.3. The Bertz CT molecular complexity index is 1140. The van der Waals surface area contributed by atoms with Crippen LogP contribution in [0.4, 0.5) is 11.5 Å². The molecule has 9 heteroatoms. The Labute approximate surface area is 188 Å². The molecule has 3 aromatic rings. The van der Waals surface area contributed by atoms with Crippen molar-refractivity contribution in [1.82, 2.24) is 9.55 Å². The van der Waals surface area contributed by atoms with Gasteiger partial charge in [0.1, 0.15) is 17.3 Å². The molecule has 0 spiro atoms. The summed E-state index contributed by atoms with van der Waals surface area (Å²) in [6.45, 7) is 1.34. The van der Waals surface area contributed by atoms with Crippen molar-refractivity contribution in [2.24, 2.45) is 0 Å². The summed E-state index contributed by atoms with van der Waals surface area (Å²) in [7, 11) is 3.18. The van der Waals surface area contributed by atoms with Gasteiger partial charge in [0.05, 0.1) is 20.3 Å². The van der Waals surface area contributed by atoms with Gasteiger partial charge in [-0.15, -0.1) is 0 Å². The number of ether oxygens (including phenoxy) is 2. The van der Waals surface area contributed by atoms with Crippen molar-refractivity contribution in [1.29, 1.82) is 0 Å². The van der Waals surface area contributed by atoms with E-state index in [9.17, 15) is 9.59 Å². The molecule has 0 aliphatic heterocycles. The summed E-state index contributed by atoms with van der Waals surface area (Å²) in [5.41, 5.74) is 7.25. The van der Waals surface area contributed by atoms with Crippen LogP contribution >= 0.6 is 15.9 Å². The fourth-order valence-corrected chi connectivity index (χ4v) is 3.76. The Morgan fingerprint density at radius 2 is 1.87 bits per heavy atom. The number of methoxy groups -OCH3 is 2. The summed E-state index contributed by atoms with van der Waals surface area (Å²) in [6.07, 6.45) is 0. The maximum atomic E-state index is 12.8. The molecule has 0 unspecified atom stereocenters. The van der Waals surface area contributed by atoms with Crippen molar-refractivity contribution in [3.63, 3.8) is 0 Å². The van der Waals surface area contributed by atoms with E-state index in [1.807, 2.05) is 48.5 Å². The second-order valence-electron chi connectivity index (χ2n) is 6.94. The fraction of sp³-hybridized carbons (Fsp3) is 0.273. The van der Waals surface area contributed by atoms with Crippen LogP contribution in [0.5, 0.6) is 5.75 Å². The molecule has 1 heterocycles. The molecule has 0 bridgehead atoms. The first kappa shape index (κ1) is 22.6. The lowest BCUT2D eigenvalue weighted by Crippen LogP contribution is -2.39. The highest BCUT2D eigenvalue weighted by Gasteiger charge is 2.20. The zero-order chi connectivity index (χ0) is 22.4. The van der Waals surface area contributed by atoms with Gasteiger partial charge in [0.15, 0.2) is 0 Å². The van der Waals surface area contributed by atoms with Gasteiger partial charge in [-0.25, -0.2) is 4.79 Å². The number of H-pyrrole nitrogens is 1. The monoisotopic (exact) mass is 488 g/mol. The van der Waals surface area contributed by atoms with Gasteiger partial charge < -0.3 is 20.1 Å². The molecule has 8 nitrogen and oxygen atoms in total. The number of hydrogen-bond donors (Lipinski definition) is 2. The van der Waals surface area contributed by atoms with Crippen LogP contribution in [0.25, 0.3) is 0 Å². The molecular formula is C22H25BrN4O4. The Hall–Kier alpha value is -3.04. The molecule has 0 saturated carbocycles. The number of nitrogens with one attached hydrogen (secondary N) is 1. The van der Waals surface area contributed by atoms with E-state index in [1.54, 1.807) is 19.1 Å². The summed E-state index contributed by atoms with van der Waals surface area (Å²) < 4.78 is 13.0. The molecule has 31 heavy (non-hydrogen) atoms. The van der Waals surface area contributed by atoms with Crippen molar-refractivity contribution < 1.29 is 9.47 Å². The number of aromatic amines is 1. The predicted octanol–water partition coefficient (Wildman–Crippen LogP) is 2.59. The zero-order valence-corrected chi connectivity index (χ0v) is 19.0. The SMILES string of the molecule is COCCN(Cc1cc(Br)ccc1OC)c1c(N)n(Cc2ccccc2)c(=O)[nH]c1=O. The predicted molar refractivity (Wildman–Crippen MR) is 125 cm³/mol. The molecule has 3 rings (SSSR count). The lowest BCUT2D eigenvalue weighted by atomic mass is 10.1. The third-order valence-electron chi connectivity index (χ3n) is 4.88. The minimum atomic E-state index is -0.554. The number of halogens is 1. The summed E-state index contributed by atoms with van der Waals surface area (Å²) >= 11 is 3.47. The molecule has 164 valence electrons. The van der Waals surface area contributed by atoms with Crippen molar-refractivity contribution in [3.05, 3.63) is 85.0 Å². The van der Waals surface area contributed by atoms with Gasteiger partial charge in [-0.1, -0.05) is 46.3 Å². The smallest absolute Gasteiger partial charge is 0.330 e. The van der Waals surface area contributed by atoms with Crippen LogP contribution in [0.1, 0.15) is 11.1 Å². The molecule has 0 fully saturated rings. The van der Waals surface area contributed by atoms with Crippen molar-refractivity contribution in [2.75, 3.05) is 38.0 Å². The lowest BCUT2D eigenvalue weighted by Gasteiger charge is -2.27. The minimum Gasteiger partial charge on any atom is -0.496 e. The van der Waals surface area contributed by atoms with Gasteiger partial charge >= 0.3 is 5.69 Å². The quantitative estimate of drug-likeness (QED) is 0.479. The van der Waals surface area contributed by atoms with Crippen LogP contribution in [-0.2, 0) is 17.8 Å². The first-order valence-corrected chi connectivity index (χ1v) is 10.5. The van der Waals surface area contributed by atoms with Crippen molar-refractivity contribution >= 4 is 27.4 Å². The van der Waals surface area contributed by atoms with Gasteiger partial charge in [0.2, 0.25) is 0 Å². The number of benzene rings is 2. The molecule has 3 N–H and O–H groups in total. The number of aromatic nitrogens is 2. The van der Waals surface area contributed by atoms with E-state index in [-0.39, 0.29) is 18.1 Å². The third kappa shape index (κ3) is 5.36. The number of nitrogens with two attached hydrogens (primary N) is 1. The molecule has 0 amide bonds. The van der Waals surface area contributed by atoms with Crippen molar-refractivity contribution in [2.45, 2.75) is 13.1 Å². The highest BCUT2D eigenvalue weighted by atomic mass is 79.9. The van der Waals surface area contributed by atoms with E-state index in [4.69, 9.17) is 15.2 Å². The zero-order valence-electron chi connectivity index (χ0n) is 17.4. The number of hydrogen-bond acceptors (Lipinski definition) is 6. The van der Waals surface area contributed by atoms with Gasteiger partial charge in [-0.05, 0) is 23.8 Å². The lowest BCUT2D eigenvalue weighted by molar-refractivity contribution is 0.205. The maximum absolute atomic E-state index is 12.8. The van der Waals surface area contributed by atoms with Crippen LogP contribution < -0.4 is 26.6 Å². The van der Waals surface area contributed by atoms with E-state index in [2.05, 4.69) is 20.9 Å². The molecule has 0 aliphatic carbocycles. The van der Waals surface area contributed by atoms with Crippen molar-refractivity contribution in [3.8, 4) is 5.75 Å². The van der Waals surface area contributed by atoms with Gasteiger partial charge in [-0.2, -0.15) is 0 Å². The largest absolute Gasteiger partial charge is 0.496 e. The molecular weight excluding hydrogens is 464 g/mol. The molecule has 2 aromatic carbocycles. The number of nitrogens with zero attached hydrogens (tertiary/aromatic N) is 2. The van der Waals surface area contributed by atoms with E-state index in [0.29, 0.717) is 25.4 Å². The first-order valence-electron chi connectivity index (χ1n) is 9.67. The first-order chi connectivity index (χ1) is 14.9. The second-order valence-corrected chi connectivity index (χ2v) is 7.85. The number of anilines is 2. The summed E-state index contributed by atoms with van der Waals surface area (Å²) in [5.74, 6) is 0.779. The Balaban J connectivity index is 2.07. The maximum Gasteiger partial charge on any atom is 0.330 e. The van der Waals surface area contributed by atoms with Crippen LogP contribution in [0.3, 0.4) is 0 Å². The van der Waals surface area contributed by atoms with Gasteiger partial charge in [0.25, 0.3) is 5.56 Å². The molecule has 0 saturated heterocycles. The van der Waals surface area contributed by atoms with Crippen LogP contribution in [0.2, 0.25) is 0 Å².